The van der Waals surface area contributed by atoms with Crippen LogP contribution < -0.4 is 4.74 Å². The summed E-state index contributed by atoms with van der Waals surface area (Å²) in [6.45, 7) is 1.60. The summed E-state index contributed by atoms with van der Waals surface area (Å²) < 4.78 is 5.49. The number of benzene rings is 1. The van der Waals surface area contributed by atoms with E-state index < -0.39 is 6.10 Å². The van der Waals surface area contributed by atoms with Crippen molar-refractivity contribution in [3.05, 3.63) is 29.3 Å². The van der Waals surface area contributed by atoms with Gasteiger partial charge in [0.05, 0.1) is 18.2 Å². The number of rotatable bonds is 7. The monoisotopic (exact) mass is 287 g/mol. The van der Waals surface area contributed by atoms with Crippen molar-refractivity contribution in [2.75, 3.05) is 26.3 Å². The van der Waals surface area contributed by atoms with E-state index in [0.29, 0.717) is 10.8 Å². The van der Waals surface area contributed by atoms with Gasteiger partial charge in [-0.25, -0.2) is 0 Å². The smallest absolute Gasteiger partial charge is 0.263 e. The van der Waals surface area contributed by atoms with E-state index in [1.807, 2.05) is 0 Å². The second-order valence-corrected chi connectivity index (χ2v) is 4.37. The number of para-hydroxylation sites is 1. The van der Waals surface area contributed by atoms with Crippen LogP contribution in [0.25, 0.3) is 0 Å². The van der Waals surface area contributed by atoms with E-state index in [9.17, 15) is 4.79 Å². The molecule has 0 radical (unpaired) electrons. The highest BCUT2D eigenvalue weighted by Crippen LogP contribution is 2.24. The number of nitrogens with zero attached hydrogens (tertiary/aromatic N) is 1. The van der Waals surface area contributed by atoms with Crippen LogP contribution in [0.2, 0.25) is 5.02 Å². The molecule has 0 aliphatic heterocycles. The Labute approximate surface area is 117 Å². The van der Waals surface area contributed by atoms with E-state index in [1.165, 1.54) is 4.90 Å². The maximum atomic E-state index is 12.1. The van der Waals surface area contributed by atoms with Crippen LogP contribution >= 0.6 is 11.6 Å². The van der Waals surface area contributed by atoms with Gasteiger partial charge in [0.15, 0.2) is 6.10 Å². The molecule has 1 unspecified atom stereocenters. The predicted octanol–water partition coefficient (Wildman–Crippen LogP) is 0.920. The molecule has 0 aliphatic carbocycles. The molecule has 0 spiro atoms. The molecule has 1 aromatic carbocycles. The summed E-state index contributed by atoms with van der Waals surface area (Å²) in [7, 11) is 0. The molecule has 0 bridgehead atoms. The van der Waals surface area contributed by atoms with Crippen LogP contribution in [0.3, 0.4) is 0 Å². The normalized spacial score (nSPS) is 12.0. The van der Waals surface area contributed by atoms with Crippen LogP contribution in [0.1, 0.15) is 6.92 Å². The molecule has 0 saturated heterocycles. The van der Waals surface area contributed by atoms with E-state index in [1.54, 1.807) is 31.2 Å². The first-order valence-corrected chi connectivity index (χ1v) is 6.39. The van der Waals surface area contributed by atoms with Gasteiger partial charge in [0.1, 0.15) is 5.75 Å². The van der Waals surface area contributed by atoms with Gasteiger partial charge < -0.3 is 19.8 Å². The Bertz CT molecular complexity index is 407. The maximum absolute atomic E-state index is 12.1. The fourth-order valence-electron chi connectivity index (χ4n) is 1.61. The van der Waals surface area contributed by atoms with Crippen molar-refractivity contribution >= 4 is 17.5 Å². The van der Waals surface area contributed by atoms with Gasteiger partial charge in [-0.15, -0.1) is 0 Å². The van der Waals surface area contributed by atoms with E-state index in [-0.39, 0.29) is 32.2 Å². The van der Waals surface area contributed by atoms with Gasteiger partial charge in [0, 0.05) is 13.1 Å². The Morgan fingerprint density at radius 3 is 2.42 bits per heavy atom. The Hall–Kier alpha value is -1.30. The average molecular weight is 288 g/mol. The summed E-state index contributed by atoms with van der Waals surface area (Å²) in [6.07, 6.45) is -0.738. The number of hydrogen-bond acceptors (Lipinski definition) is 4. The third-order valence-electron chi connectivity index (χ3n) is 2.54. The number of amides is 1. The van der Waals surface area contributed by atoms with Crippen molar-refractivity contribution in [2.45, 2.75) is 13.0 Å². The molecule has 1 amide bonds. The van der Waals surface area contributed by atoms with Crippen molar-refractivity contribution in [2.24, 2.45) is 0 Å². The Balaban J connectivity index is 2.68. The summed E-state index contributed by atoms with van der Waals surface area (Å²) in [6, 6.07) is 6.88. The third kappa shape index (κ3) is 4.70. The van der Waals surface area contributed by atoms with Gasteiger partial charge in [0.2, 0.25) is 0 Å². The van der Waals surface area contributed by atoms with Gasteiger partial charge >= 0.3 is 0 Å². The Morgan fingerprint density at radius 1 is 1.32 bits per heavy atom. The minimum atomic E-state index is -0.738. The second kappa shape index (κ2) is 7.99. The standard InChI is InChI=1S/C13H18ClNO4/c1-10(13(18)15(6-8-16)7-9-17)19-12-5-3-2-4-11(12)14/h2-5,10,16-17H,6-9H2,1H3. The van der Waals surface area contributed by atoms with E-state index in [4.69, 9.17) is 26.6 Å². The van der Waals surface area contributed by atoms with E-state index in [2.05, 4.69) is 0 Å². The summed E-state index contributed by atoms with van der Waals surface area (Å²) in [5.74, 6) is 0.126. The highest BCUT2D eigenvalue weighted by Gasteiger charge is 2.21. The van der Waals surface area contributed by atoms with Crippen molar-refractivity contribution in [1.82, 2.24) is 4.90 Å². The highest BCUT2D eigenvalue weighted by molar-refractivity contribution is 6.32. The molecule has 0 fully saturated rings. The lowest BCUT2D eigenvalue weighted by atomic mass is 10.3. The average Bonchev–Trinajstić information content (AvgIpc) is 2.40. The largest absolute Gasteiger partial charge is 0.479 e. The number of ether oxygens (including phenoxy) is 1. The summed E-state index contributed by atoms with van der Waals surface area (Å²) in [5.41, 5.74) is 0. The van der Waals surface area contributed by atoms with Crippen LogP contribution in [0.5, 0.6) is 5.75 Å². The lowest BCUT2D eigenvalue weighted by Gasteiger charge is -2.24. The Morgan fingerprint density at radius 2 is 1.89 bits per heavy atom. The fraction of sp³-hybridized carbons (Fsp3) is 0.462. The van der Waals surface area contributed by atoms with Gasteiger partial charge in [0.25, 0.3) is 5.91 Å². The van der Waals surface area contributed by atoms with Crippen LogP contribution in [0.4, 0.5) is 0 Å². The number of aliphatic hydroxyl groups is 2. The number of aliphatic hydroxyl groups excluding tert-OH is 2. The molecular weight excluding hydrogens is 270 g/mol. The van der Waals surface area contributed by atoms with Crippen molar-refractivity contribution in [3.63, 3.8) is 0 Å². The van der Waals surface area contributed by atoms with Gasteiger partial charge in [-0.3, -0.25) is 4.79 Å². The first-order valence-electron chi connectivity index (χ1n) is 6.01. The molecule has 0 saturated carbocycles. The molecule has 1 aromatic rings. The topological polar surface area (TPSA) is 70.0 Å². The highest BCUT2D eigenvalue weighted by atomic mass is 35.5. The summed E-state index contributed by atoms with van der Waals surface area (Å²) >= 11 is 5.94. The van der Waals surface area contributed by atoms with Gasteiger partial charge in [-0.2, -0.15) is 0 Å². The van der Waals surface area contributed by atoms with Crippen LogP contribution in [-0.4, -0.2) is 53.4 Å². The fourth-order valence-corrected chi connectivity index (χ4v) is 1.79. The molecule has 19 heavy (non-hydrogen) atoms. The maximum Gasteiger partial charge on any atom is 0.263 e. The van der Waals surface area contributed by atoms with Gasteiger partial charge in [-0.1, -0.05) is 23.7 Å². The molecule has 6 heteroatoms. The second-order valence-electron chi connectivity index (χ2n) is 3.96. The SMILES string of the molecule is CC(Oc1ccccc1Cl)C(=O)N(CCO)CCO. The number of hydrogen-bond donors (Lipinski definition) is 2. The van der Waals surface area contributed by atoms with E-state index >= 15 is 0 Å². The first-order chi connectivity index (χ1) is 9.10. The van der Waals surface area contributed by atoms with Gasteiger partial charge in [-0.05, 0) is 19.1 Å². The predicted molar refractivity (Wildman–Crippen MR) is 72.3 cm³/mol. The molecule has 0 heterocycles. The zero-order valence-electron chi connectivity index (χ0n) is 10.8. The van der Waals surface area contributed by atoms with Crippen LogP contribution in [0.15, 0.2) is 24.3 Å². The Kier molecular flexibility index (Phi) is 6.62. The van der Waals surface area contributed by atoms with Crippen molar-refractivity contribution in [1.29, 1.82) is 0 Å². The molecule has 5 nitrogen and oxygen atoms in total. The molecule has 1 atom stereocenters. The van der Waals surface area contributed by atoms with Crippen LogP contribution in [0, 0.1) is 0 Å². The van der Waals surface area contributed by atoms with Crippen molar-refractivity contribution < 1.29 is 19.7 Å². The zero-order chi connectivity index (χ0) is 14.3. The molecule has 106 valence electrons. The number of carbonyl (C=O) groups excluding carboxylic acids is 1. The van der Waals surface area contributed by atoms with E-state index in [0.717, 1.165) is 0 Å². The molecule has 0 aromatic heterocycles. The minimum Gasteiger partial charge on any atom is -0.479 e. The lowest BCUT2D eigenvalue weighted by molar-refractivity contribution is -0.139. The molecular formula is C13H18ClNO4. The lowest BCUT2D eigenvalue weighted by Crippen LogP contribution is -2.43. The number of carbonyl (C=O) groups is 1. The first kappa shape index (κ1) is 15.8. The zero-order valence-corrected chi connectivity index (χ0v) is 11.5. The minimum absolute atomic E-state index is 0.162. The molecule has 2 N–H and O–H groups in total. The third-order valence-corrected chi connectivity index (χ3v) is 2.85. The molecule has 1 rings (SSSR count). The summed E-state index contributed by atoms with van der Waals surface area (Å²) in [4.78, 5) is 13.4. The quantitative estimate of drug-likeness (QED) is 0.782. The summed E-state index contributed by atoms with van der Waals surface area (Å²) in [5, 5.41) is 18.2. The van der Waals surface area contributed by atoms with Crippen molar-refractivity contribution in [3.8, 4) is 5.75 Å². The van der Waals surface area contributed by atoms with Crippen LogP contribution in [-0.2, 0) is 4.79 Å². The number of halogens is 1. The molecule has 0 aliphatic rings.